The van der Waals surface area contributed by atoms with Crippen LogP contribution in [0.3, 0.4) is 0 Å². The fraction of sp³-hybridized carbons (Fsp3) is 0.462. The summed E-state index contributed by atoms with van der Waals surface area (Å²) in [6, 6.07) is 2.20. The summed E-state index contributed by atoms with van der Waals surface area (Å²) in [7, 11) is 0. The second-order valence-electron chi connectivity index (χ2n) is 4.54. The molecule has 16 heavy (non-hydrogen) atoms. The maximum Gasteiger partial charge on any atom is 0.194 e. The molecule has 0 unspecified atom stereocenters. The van der Waals surface area contributed by atoms with Crippen LogP contribution in [0.4, 0.5) is 13.2 Å². The molecule has 0 heterocycles. The molecule has 3 heteroatoms. The molecular formula is C13H14F3. The third kappa shape index (κ3) is 2.23. The van der Waals surface area contributed by atoms with Gasteiger partial charge in [0.15, 0.2) is 17.5 Å². The van der Waals surface area contributed by atoms with Gasteiger partial charge in [-0.15, -0.1) is 0 Å². The van der Waals surface area contributed by atoms with Crippen molar-refractivity contribution in [3.05, 3.63) is 41.1 Å². The predicted molar refractivity (Wildman–Crippen MR) is 56.3 cm³/mol. The van der Waals surface area contributed by atoms with Gasteiger partial charge >= 0.3 is 0 Å². The summed E-state index contributed by atoms with van der Waals surface area (Å²) in [5.41, 5.74) is 0.517. The monoisotopic (exact) mass is 227 g/mol. The summed E-state index contributed by atoms with van der Waals surface area (Å²) in [6.45, 7) is 2.17. The fourth-order valence-electron chi connectivity index (χ4n) is 2.16. The molecule has 87 valence electrons. The van der Waals surface area contributed by atoms with Crippen LogP contribution in [0.5, 0.6) is 0 Å². The Kier molecular flexibility index (Phi) is 3.22. The standard InChI is InChI=1S/C13H14F3/c1-8-2-4-9(5-3-8)10-6-11(14)13(16)12(15)7-10/h6-8H,2-5H2,1H3. The average Bonchev–Trinajstić information content (AvgIpc) is 2.26. The normalized spacial score (nSPS) is 19.0. The summed E-state index contributed by atoms with van der Waals surface area (Å²) in [5, 5.41) is 0. The van der Waals surface area contributed by atoms with Crippen molar-refractivity contribution in [1.82, 2.24) is 0 Å². The van der Waals surface area contributed by atoms with E-state index in [-0.39, 0.29) is 0 Å². The molecule has 0 spiro atoms. The Hall–Kier alpha value is -0.990. The van der Waals surface area contributed by atoms with E-state index in [1.165, 1.54) is 0 Å². The summed E-state index contributed by atoms with van der Waals surface area (Å²) in [6.07, 6.45) is 3.78. The highest BCUT2D eigenvalue weighted by atomic mass is 19.2. The minimum atomic E-state index is -1.38. The van der Waals surface area contributed by atoms with Crippen molar-refractivity contribution in [2.45, 2.75) is 32.6 Å². The molecule has 0 aliphatic heterocycles. The molecule has 0 saturated heterocycles. The van der Waals surface area contributed by atoms with Crippen LogP contribution in [0.1, 0.15) is 38.2 Å². The Bertz CT molecular complexity index is 356. The number of hydrogen-bond donors (Lipinski definition) is 0. The number of hydrogen-bond acceptors (Lipinski definition) is 0. The SMILES string of the molecule is CC1CC[C](c2cc(F)c(F)c(F)c2)CC1. The summed E-state index contributed by atoms with van der Waals surface area (Å²) in [4.78, 5) is 0. The molecule has 1 aromatic carbocycles. The quantitative estimate of drug-likeness (QED) is 0.629. The Balaban J connectivity index is 2.21. The molecule has 1 radical (unpaired) electrons. The molecule has 1 fully saturated rings. The smallest absolute Gasteiger partial charge is 0.194 e. The summed E-state index contributed by atoms with van der Waals surface area (Å²) < 4.78 is 38.9. The third-order valence-corrected chi connectivity index (χ3v) is 3.27. The Morgan fingerprint density at radius 2 is 1.50 bits per heavy atom. The van der Waals surface area contributed by atoms with Gasteiger partial charge in [-0.1, -0.05) is 6.92 Å². The average molecular weight is 227 g/mol. The van der Waals surface area contributed by atoms with E-state index in [2.05, 4.69) is 6.92 Å². The van der Waals surface area contributed by atoms with E-state index in [9.17, 15) is 13.2 Å². The van der Waals surface area contributed by atoms with Crippen molar-refractivity contribution in [1.29, 1.82) is 0 Å². The van der Waals surface area contributed by atoms with Crippen LogP contribution in [0.15, 0.2) is 12.1 Å². The first-order chi connectivity index (χ1) is 7.58. The Morgan fingerprint density at radius 1 is 1.00 bits per heavy atom. The lowest BCUT2D eigenvalue weighted by atomic mass is 9.79. The van der Waals surface area contributed by atoms with Crippen molar-refractivity contribution in [2.75, 3.05) is 0 Å². The zero-order chi connectivity index (χ0) is 11.7. The third-order valence-electron chi connectivity index (χ3n) is 3.27. The van der Waals surface area contributed by atoms with Gasteiger partial charge in [0.05, 0.1) is 0 Å². The van der Waals surface area contributed by atoms with E-state index in [1.54, 1.807) is 0 Å². The van der Waals surface area contributed by atoms with Gasteiger partial charge in [0.2, 0.25) is 0 Å². The molecule has 0 amide bonds. The molecule has 0 nitrogen and oxygen atoms in total. The van der Waals surface area contributed by atoms with Gasteiger partial charge in [-0.25, -0.2) is 13.2 Å². The zero-order valence-corrected chi connectivity index (χ0v) is 9.19. The van der Waals surface area contributed by atoms with Crippen LogP contribution in [0.25, 0.3) is 0 Å². The minimum Gasteiger partial charge on any atom is -0.204 e. The lowest BCUT2D eigenvalue weighted by Gasteiger charge is -2.25. The van der Waals surface area contributed by atoms with Crippen LogP contribution in [0, 0.1) is 29.3 Å². The molecule has 0 aromatic heterocycles. The highest BCUT2D eigenvalue weighted by molar-refractivity contribution is 5.32. The first kappa shape index (κ1) is 11.5. The first-order valence-electron chi connectivity index (χ1n) is 5.57. The maximum atomic E-state index is 13.0. The molecule has 1 aliphatic carbocycles. The molecule has 1 aromatic rings. The topological polar surface area (TPSA) is 0 Å². The summed E-state index contributed by atoms with van der Waals surface area (Å²) in [5.74, 6) is -1.87. The van der Waals surface area contributed by atoms with Crippen molar-refractivity contribution in [3.63, 3.8) is 0 Å². The number of halogens is 3. The summed E-state index contributed by atoms with van der Waals surface area (Å²) >= 11 is 0. The number of benzene rings is 1. The molecule has 0 N–H and O–H groups in total. The van der Waals surface area contributed by atoms with Gasteiger partial charge in [-0.05, 0) is 49.3 Å². The van der Waals surface area contributed by atoms with E-state index in [0.29, 0.717) is 11.5 Å². The molecule has 0 bridgehead atoms. The Labute approximate surface area is 93.5 Å². The van der Waals surface area contributed by atoms with Crippen LogP contribution in [-0.2, 0) is 0 Å². The highest BCUT2D eigenvalue weighted by Crippen LogP contribution is 2.35. The van der Waals surface area contributed by atoms with Gasteiger partial charge in [0, 0.05) is 5.92 Å². The van der Waals surface area contributed by atoms with E-state index >= 15 is 0 Å². The second kappa shape index (κ2) is 4.48. The molecule has 2 rings (SSSR count). The lowest BCUT2D eigenvalue weighted by Crippen LogP contribution is -2.12. The van der Waals surface area contributed by atoms with E-state index in [4.69, 9.17) is 0 Å². The van der Waals surface area contributed by atoms with Crippen LogP contribution in [-0.4, -0.2) is 0 Å². The van der Waals surface area contributed by atoms with Crippen LogP contribution >= 0.6 is 0 Å². The van der Waals surface area contributed by atoms with Crippen molar-refractivity contribution >= 4 is 0 Å². The van der Waals surface area contributed by atoms with Crippen molar-refractivity contribution in [2.24, 2.45) is 5.92 Å². The Morgan fingerprint density at radius 3 is 2.00 bits per heavy atom. The highest BCUT2D eigenvalue weighted by Gasteiger charge is 2.22. The first-order valence-corrected chi connectivity index (χ1v) is 5.57. The van der Waals surface area contributed by atoms with Crippen molar-refractivity contribution < 1.29 is 13.2 Å². The van der Waals surface area contributed by atoms with Gasteiger partial charge < -0.3 is 0 Å². The van der Waals surface area contributed by atoms with Crippen molar-refractivity contribution in [3.8, 4) is 0 Å². The maximum absolute atomic E-state index is 13.0. The van der Waals surface area contributed by atoms with Crippen LogP contribution < -0.4 is 0 Å². The minimum absolute atomic E-state index is 0.517. The van der Waals surface area contributed by atoms with E-state index in [0.717, 1.165) is 43.7 Å². The van der Waals surface area contributed by atoms with Gasteiger partial charge in [0.1, 0.15) is 0 Å². The van der Waals surface area contributed by atoms with E-state index in [1.807, 2.05) is 0 Å². The molecule has 1 aliphatic rings. The van der Waals surface area contributed by atoms with Gasteiger partial charge in [-0.2, -0.15) is 0 Å². The predicted octanol–water partition coefficient (Wildman–Crippen LogP) is 4.24. The second-order valence-corrected chi connectivity index (χ2v) is 4.54. The van der Waals surface area contributed by atoms with Gasteiger partial charge in [-0.3, -0.25) is 0 Å². The molecule has 0 atom stereocenters. The fourth-order valence-corrected chi connectivity index (χ4v) is 2.16. The zero-order valence-electron chi connectivity index (χ0n) is 9.19. The largest absolute Gasteiger partial charge is 0.204 e. The van der Waals surface area contributed by atoms with E-state index < -0.39 is 17.5 Å². The lowest BCUT2D eigenvalue weighted by molar-refractivity contribution is 0.411. The van der Waals surface area contributed by atoms with Gasteiger partial charge in [0.25, 0.3) is 0 Å². The molecular weight excluding hydrogens is 213 g/mol. The van der Waals surface area contributed by atoms with Crippen LogP contribution in [0.2, 0.25) is 0 Å². The number of rotatable bonds is 1. The molecule has 1 saturated carbocycles.